The molecule has 0 bridgehead atoms. The van der Waals surface area contributed by atoms with Gasteiger partial charge in [0, 0.05) is 5.92 Å². The molecule has 1 heterocycles. The fraction of sp³-hybridized carbons (Fsp3) is 0.312. The van der Waals surface area contributed by atoms with Gasteiger partial charge in [0.05, 0.1) is 23.5 Å². The lowest BCUT2D eigenvalue weighted by molar-refractivity contribution is 0.111. The normalized spacial score (nSPS) is 13.4. The van der Waals surface area contributed by atoms with Gasteiger partial charge in [-0.1, -0.05) is 32.4 Å². The zero-order valence-electron chi connectivity index (χ0n) is 11.6. The Morgan fingerprint density at radius 3 is 2.60 bits per heavy atom. The maximum Gasteiger partial charge on any atom is 0.167 e. The molecule has 0 aliphatic rings. The molecule has 4 nitrogen and oxygen atoms in total. The Balaban J connectivity index is 2.41. The molecule has 102 valence electrons. The van der Waals surface area contributed by atoms with E-state index in [-0.39, 0.29) is 5.92 Å². The van der Waals surface area contributed by atoms with E-state index in [1.807, 2.05) is 24.3 Å². The zero-order chi connectivity index (χ0) is 14.5. The molecule has 0 saturated carbocycles. The highest BCUT2D eigenvalue weighted by Crippen LogP contribution is 2.32. The Morgan fingerprint density at radius 1 is 1.40 bits per heavy atom. The lowest BCUT2D eigenvalue weighted by Gasteiger charge is -2.21. The first-order chi connectivity index (χ1) is 9.69. The van der Waals surface area contributed by atoms with Crippen LogP contribution in [0.15, 0.2) is 30.5 Å². The van der Waals surface area contributed by atoms with Crippen LogP contribution in [0.1, 0.15) is 53.6 Å². The molecular formula is C16H17N3O. The minimum absolute atomic E-state index is 0.0986. The highest BCUT2D eigenvalue weighted by Gasteiger charge is 2.23. The number of benzene rings is 1. The van der Waals surface area contributed by atoms with Crippen LogP contribution in [0.2, 0.25) is 0 Å². The quantitative estimate of drug-likeness (QED) is 0.845. The number of nitrogens with zero attached hydrogens (tertiary/aromatic N) is 2. The first kappa shape index (κ1) is 14.0. The molecule has 2 unspecified atom stereocenters. The van der Waals surface area contributed by atoms with Crippen molar-refractivity contribution in [3.05, 3.63) is 53.1 Å². The fourth-order valence-corrected chi connectivity index (χ4v) is 2.33. The fourth-order valence-electron chi connectivity index (χ4n) is 2.33. The Kier molecular flexibility index (Phi) is 4.31. The number of imidazole rings is 1. The van der Waals surface area contributed by atoms with E-state index in [0.717, 1.165) is 24.1 Å². The summed E-state index contributed by atoms with van der Waals surface area (Å²) in [7, 11) is 0. The summed E-state index contributed by atoms with van der Waals surface area (Å²) >= 11 is 0. The lowest BCUT2D eigenvalue weighted by Crippen LogP contribution is -2.12. The third-order valence-electron chi connectivity index (χ3n) is 3.65. The first-order valence-electron chi connectivity index (χ1n) is 6.69. The van der Waals surface area contributed by atoms with Gasteiger partial charge in [-0.3, -0.25) is 4.79 Å². The molecule has 0 spiro atoms. The first-order valence-corrected chi connectivity index (χ1v) is 6.69. The SMILES string of the molecule is CCC(C)C(c1ccc(C#N)cc1)c1ncc(C=O)[nH]1. The van der Waals surface area contributed by atoms with Crippen molar-refractivity contribution >= 4 is 6.29 Å². The summed E-state index contributed by atoms with van der Waals surface area (Å²) in [5.41, 5.74) is 2.23. The second-order valence-corrected chi connectivity index (χ2v) is 4.94. The molecule has 0 fully saturated rings. The Labute approximate surface area is 118 Å². The molecular weight excluding hydrogens is 250 g/mol. The number of nitriles is 1. The van der Waals surface area contributed by atoms with Crippen LogP contribution in [0, 0.1) is 17.2 Å². The number of carbonyl (C=O) groups excluding carboxylic acids is 1. The van der Waals surface area contributed by atoms with Gasteiger partial charge in [0.15, 0.2) is 6.29 Å². The smallest absolute Gasteiger partial charge is 0.167 e. The largest absolute Gasteiger partial charge is 0.339 e. The number of hydrogen-bond donors (Lipinski definition) is 1. The number of carbonyl (C=O) groups is 1. The van der Waals surface area contributed by atoms with Crippen LogP contribution in [0.4, 0.5) is 0 Å². The molecule has 0 amide bonds. The van der Waals surface area contributed by atoms with Crippen LogP contribution in [-0.2, 0) is 0 Å². The highest BCUT2D eigenvalue weighted by molar-refractivity contribution is 5.71. The van der Waals surface area contributed by atoms with Gasteiger partial charge in [-0.15, -0.1) is 0 Å². The molecule has 2 atom stereocenters. The molecule has 0 aliphatic carbocycles. The molecule has 2 rings (SSSR count). The van der Waals surface area contributed by atoms with E-state index in [1.165, 1.54) is 0 Å². The summed E-state index contributed by atoms with van der Waals surface area (Å²) in [6, 6.07) is 9.66. The van der Waals surface area contributed by atoms with Gasteiger partial charge >= 0.3 is 0 Å². The van der Waals surface area contributed by atoms with Gasteiger partial charge in [0.1, 0.15) is 5.82 Å². The van der Waals surface area contributed by atoms with Crippen molar-refractivity contribution in [2.75, 3.05) is 0 Å². The molecule has 0 aliphatic heterocycles. The van der Waals surface area contributed by atoms with Crippen LogP contribution >= 0.6 is 0 Å². The van der Waals surface area contributed by atoms with Gasteiger partial charge in [0.2, 0.25) is 0 Å². The zero-order valence-corrected chi connectivity index (χ0v) is 11.6. The predicted octanol–water partition coefficient (Wildman–Crippen LogP) is 3.27. The van der Waals surface area contributed by atoms with E-state index in [0.29, 0.717) is 17.2 Å². The summed E-state index contributed by atoms with van der Waals surface area (Å²) in [6.45, 7) is 4.29. The number of aromatic amines is 1. The van der Waals surface area contributed by atoms with Gasteiger partial charge in [-0.25, -0.2) is 4.98 Å². The standard InChI is InChI=1S/C16H17N3O/c1-3-11(2)15(16-18-9-14(10-20)19-16)13-6-4-12(8-17)5-7-13/h4-7,9-11,15H,3H2,1-2H3,(H,18,19). The second kappa shape index (κ2) is 6.16. The van der Waals surface area contributed by atoms with Gasteiger partial charge in [0.25, 0.3) is 0 Å². The minimum Gasteiger partial charge on any atom is -0.339 e. The number of H-pyrrole nitrogens is 1. The van der Waals surface area contributed by atoms with E-state index in [4.69, 9.17) is 5.26 Å². The molecule has 4 heteroatoms. The number of nitrogens with one attached hydrogen (secondary N) is 1. The van der Waals surface area contributed by atoms with Gasteiger partial charge in [-0.2, -0.15) is 5.26 Å². The average molecular weight is 267 g/mol. The maximum atomic E-state index is 10.8. The summed E-state index contributed by atoms with van der Waals surface area (Å²) in [5.74, 6) is 1.28. The van der Waals surface area contributed by atoms with E-state index in [9.17, 15) is 4.79 Å². The van der Waals surface area contributed by atoms with Crippen LogP contribution in [0.25, 0.3) is 0 Å². The van der Waals surface area contributed by atoms with Gasteiger partial charge in [-0.05, 0) is 23.6 Å². The van der Waals surface area contributed by atoms with E-state index in [1.54, 1.807) is 6.20 Å². The molecule has 0 radical (unpaired) electrons. The van der Waals surface area contributed by atoms with Crippen LogP contribution in [0.3, 0.4) is 0 Å². The van der Waals surface area contributed by atoms with Crippen molar-refractivity contribution < 1.29 is 4.79 Å². The van der Waals surface area contributed by atoms with Crippen molar-refractivity contribution in [2.45, 2.75) is 26.2 Å². The van der Waals surface area contributed by atoms with E-state index >= 15 is 0 Å². The van der Waals surface area contributed by atoms with Crippen molar-refractivity contribution in [2.24, 2.45) is 5.92 Å². The number of aromatic nitrogens is 2. The average Bonchev–Trinajstić information content (AvgIpc) is 2.96. The summed E-state index contributed by atoms with van der Waals surface area (Å²) in [5, 5.41) is 8.87. The predicted molar refractivity (Wildman–Crippen MR) is 76.4 cm³/mol. The Morgan fingerprint density at radius 2 is 2.10 bits per heavy atom. The number of hydrogen-bond acceptors (Lipinski definition) is 3. The molecule has 2 aromatic rings. The molecule has 1 aromatic heterocycles. The van der Waals surface area contributed by atoms with Crippen LogP contribution in [-0.4, -0.2) is 16.3 Å². The summed E-state index contributed by atoms with van der Waals surface area (Å²) in [6.07, 6.45) is 3.33. The van der Waals surface area contributed by atoms with Crippen molar-refractivity contribution in [3.8, 4) is 6.07 Å². The minimum atomic E-state index is 0.0986. The lowest BCUT2D eigenvalue weighted by atomic mass is 9.84. The molecule has 0 saturated heterocycles. The third-order valence-corrected chi connectivity index (χ3v) is 3.65. The Hall–Kier alpha value is -2.41. The summed E-state index contributed by atoms with van der Waals surface area (Å²) < 4.78 is 0. The van der Waals surface area contributed by atoms with Crippen molar-refractivity contribution in [3.63, 3.8) is 0 Å². The topological polar surface area (TPSA) is 69.5 Å². The Bertz CT molecular complexity index is 622. The number of rotatable bonds is 5. The van der Waals surface area contributed by atoms with E-state index < -0.39 is 0 Å². The van der Waals surface area contributed by atoms with Crippen LogP contribution < -0.4 is 0 Å². The molecule has 1 N–H and O–H groups in total. The van der Waals surface area contributed by atoms with Gasteiger partial charge < -0.3 is 4.98 Å². The maximum absolute atomic E-state index is 10.8. The van der Waals surface area contributed by atoms with Crippen LogP contribution in [0.5, 0.6) is 0 Å². The summed E-state index contributed by atoms with van der Waals surface area (Å²) in [4.78, 5) is 18.2. The van der Waals surface area contributed by atoms with Crippen molar-refractivity contribution in [1.82, 2.24) is 9.97 Å². The van der Waals surface area contributed by atoms with E-state index in [2.05, 4.69) is 29.9 Å². The van der Waals surface area contributed by atoms with Crippen molar-refractivity contribution in [1.29, 1.82) is 5.26 Å². The monoisotopic (exact) mass is 267 g/mol. The second-order valence-electron chi connectivity index (χ2n) is 4.94. The molecule has 1 aromatic carbocycles. The molecule has 20 heavy (non-hydrogen) atoms. The third kappa shape index (κ3) is 2.77. The number of aldehydes is 1. The highest BCUT2D eigenvalue weighted by atomic mass is 16.1.